The van der Waals surface area contributed by atoms with Gasteiger partial charge < -0.3 is 15.4 Å². The average Bonchev–Trinajstić information content (AvgIpc) is 3.63. The van der Waals surface area contributed by atoms with Gasteiger partial charge in [-0.15, -0.1) is 0 Å². The quantitative estimate of drug-likeness (QED) is 0.273. The summed E-state index contributed by atoms with van der Waals surface area (Å²) < 4.78 is 50.9. The van der Waals surface area contributed by atoms with Crippen LogP contribution in [0, 0.1) is 6.92 Å². The molecule has 0 unspecified atom stereocenters. The number of alkyl halides is 3. The Hall–Kier alpha value is -4.92. The summed E-state index contributed by atoms with van der Waals surface area (Å²) in [6.07, 6.45) is -2.15. The lowest BCUT2D eigenvalue weighted by Crippen LogP contribution is -2.21. The summed E-state index contributed by atoms with van der Waals surface area (Å²) in [7, 11) is 3.14. The molecule has 16 heteroatoms. The minimum absolute atomic E-state index is 0.00315. The topological polar surface area (TPSA) is 133 Å². The van der Waals surface area contributed by atoms with Gasteiger partial charge in [-0.05, 0) is 32.0 Å². The molecule has 0 fully saturated rings. The van der Waals surface area contributed by atoms with Crippen molar-refractivity contribution in [2.24, 2.45) is 7.05 Å². The number of benzene rings is 1. The fourth-order valence-electron chi connectivity index (χ4n) is 4.21. The lowest BCUT2D eigenvalue weighted by molar-refractivity contribution is -0.142. The minimum atomic E-state index is -4.87. The first-order valence-electron chi connectivity index (χ1n) is 12.4. The molecule has 5 aromatic rings. The Balaban J connectivity index is 1.53. The van der Waals surface area contributed by atoms with E-state index in [4.69, 9.17) is 16.3 Å². The zero-order chi connectivity index (χ0) is 30.3. The molecule has 218 valence electrons. The second kappa shape index (κ2) is 10.8. The van der Waals surface area contributed by atoms with Gasteiger partial charge in [0.05, 0.1) is 42.3 Å². The Morgan fingerprint density at radius 2 is 1.79 bits per heavy atom. The number of nitrogens with zero attached hydrogens (tertiary/aromatic N) is 7. The van der Waals surface area contributed by atoms with Crippen molar-refractivity contribution in [2.75, 3.05) is 17.7 Å². The van der Waals surface area contributed by atoms with Crippen molar-refractivity contribution in [3.63, 3.8) is 0 Å². The van der Waals surface area contributed by atoms with Crippen molar-refractivity contribution in [3.8, 4) is 17.0 Å². The molecule has 0 aliphatic rings. The smallest absolute Gasteiger partial charge is 0.433 e. The zero-order valence-corrected chi connectivity index (χ0v) is 23.4. The van der Waals surface area contributed by atoms with Gasteiger partial charge in [0.2, 0.25) is 0 Å². The number of hydrogen-bond donors (Lipinski definition) is 2. The number of halogens is 4. The largest absolute Gasteiger partial charge is 0.497 e. The first-order chi connectivity index (χ1) is 19.9. The predicted molar refractivity (Wildman–Crippen MR) is 147 cm³/mol. The van der Waals surface area contributed by atoms with Crippen LogP contribution in [0.15, 0.2) is 42.7 Å². The molecular formula is C26H23ClF3N9O3. The summed E-state index contributed by atoms with van der Waals surface area (Å²) in [5.41, 5.74) is -0.706. The molecule has 0 atom stereocenters. The number of amides is 2. The molecule has 0 saturated heterocycles. The van der Waals surface area contributed by atoms with Crippen molar-refractivity contribution in [2.45, 2.75) is 26.6 Å². The van der Waals surface area contributed by atoms with Crippen LogP contribution in [0.4, 0.5) is 24.5 Å². The van der Waals surface area contributed by atoms with E-state index in [1.807, 2.05) is 0 Å². The standard InChI is InChI=1S/C26H23ClF3N9O3/c1-5-38-22(25(41)34-17-11-31-37(3)13(17)2)18(12-32-38)35-24(40)21-20(27)23-33-16(14-7-6-8-15(9-14)42-4)10-19(26(28,29)30)39(23)36-21/h6-12H,5H2,1-4H3,(H,34,41)(H,35,40). The average molecular weight is 602 g/mol. The summed E-state index contributed by atoms with van der Waals surface area (Å²) in [6, 6.07) is 7.12. The van der Waals surface area contributed by atoms with Gasteiger partial charge in [-0.1, -0.05) is 23.7 Å². The van der Waals surface area contributed by atoms with E-state index in [0.29, 0.717) is 27.2 Å². The highest BCUT2D eigenvalue weighted by Gasteiger charge is 2.37. The number of rotatable bonds is 7. The molecular weight excluding hydrogens is 579 g/mol. The van der Waals surface area contributed by atoms with Crippen LogP contribution in [0.2, 0.25) is 5.02 Å². The SMILES string of the molecule is CCn1ncc(NC(=O)c2nn3c(C(F)(F)F)cc(-c4cccc(OC)c4)nc3c2Cl)c1C(=O)Nc1cnn(C)c1C. The van der Waals surface area contributed by atoms with Gasteiger partial charge in [-0.25, -0.2) is 9.50 Å². The van der Waals surface area contributed by atoms with E-state index in [0.717, 1.165) is 6.07 Å². The summed E-state index contributed by atoms with van der Waals surface area (Å²) in [5.74, 6) is -1.15. The highest BCUT2D eigenvalue weighted by Crippen LogP contribution is 2.35. The third kappa shape index (κ3) is 5.13. The Kier molecular flexibility index (Phi) is 7.36. The molecule has 12 nitrogen and oxygen atoms in total. The number of ether oxygens (including phenoxy) is 1. The number of carbonyl (C=O) groups is 2. The van der Waals surface area contributed by atoms with Crippen molar-refractivity contribution in [3.05, 3.63) is 70.5 Å². The van der Waals surface area contributed by atoms with Crippen LogP contribution in [-0.2, 0) is 19.8 Å². The molecule has 4 heterocycles. The number of carbonyl (C=O) groups excluding carboxylic acids is 2. The number of anilines is 2. The lowest BCUT2D eigenvalue weighted by atomic mass is 10.1. The van der Waals surface area contributed by atoms with Gasteiger partial charge in [0.15, 0.2) is 17.0 Å². The number of nitrogens with one attached hydrogen (secondary N) is 2. The fraction of sp³-hybridized carbons (Fsp3) is 0.231. The van der Waals surface area contributed by atoms with Crippen LogP contribution in [-0.4, -0.2) is 53.1 Å². The third-order valence-corrected chi connectivity index (χ3v) is 6.84. The van der Waals surface area contributed by atoms with Gasteiger partial charge >= 0.3 is 6.18 Å². The molecule has 0 radical (unpaired) electrons. The maximum Gasteiger partial charge on any atom is 0.433 e. The van der Waals surface area contributed by atoms with E-state index in [1.54, 1.807) is 43.8 Å². The first-order valence-corrected chi connectivity index (χ1v) is 12.8. The molecule has 0 spiro atoms. The normalized spacial score (nSPS) is 11.6. The Labute approximate surface area is 241 Å². The van der Waals surface area contributed by atoms with E-state index in [2.05, 4.69) is 30.9 Å². The van der Waals surface area contributed by atoms with Gasteiger partial charge in [0, 0.05) is 19.2 Å². The fourth-order valence-corrected chi connectivity index (χ4v) is 4.46. The lowest BCUT2D eigenvalue weighted by Gasteiger charge is -2.11. The van der Waals surface area contributed by atoms with E-state index in [1.165, 1.54) is 30.3 Å². The molecule has 42 heavy (non-hydrogen) atoms. The zero-order valence-electron chi connectivity index (χ0n) is 22.6. The number of fused-ring (bicyclic) bond motifs is 1. The van der Waals surface area contributed by atoms with Crippen LogP contribution in [0.25, 0.3) is 16.9 Å². The Morgan fingerprint density at radius 1 is 1.07 bits per heavy atom. The number of aromatic nitrogens is 7. The van der Waals surface area contributed by atoms with Gasteiger partial charge in [0.25, 0.3) is 11.8 Å². The summed E-state index contributed by atoms with van der Waals surface area (Å²) in [4.78, 5) is 30.8. The molecule has 5 rings (SSSR count). The highest BCUT2D eigenvalue weighted by atomic mass is 35.5. The van der Waals surface area contributed by atoms with E-state index in [9.17, 15) is 22.8 Å². The second-order valence-electron chi connectivity index (χ2n) is 9.05. The predicted octanol–water partition coefficient (Wildman–Crippen LogP) is 4.84. The van der Waals surface area contributed by atoms with Crippen molar-refractivity contribution >= 4 is 40.4 Å². The van der Waals surface area contributed by atoms with E-state index >= 15 is 0 Å². The molecule has 1 aromatic carbocycles. The molecule has 4 aromatic heterocycles. The maximum absolute atomic E-state index is 14.1. The number of aryl methyl sites for hydroxylation is 2. The Bertz CT molecular complexity index is 1840. The second-order valence-corrected chi connectivity index (χ2v) is 9.43. The van der Waals surface area contributed by atoms with Crippen molar-refractivity contribution in [1.82, 2.24) is 34.2 Å². The summed E-state index contributed by atoms with van der Waals surface area (Å²) in [5, 5.41) is 16.9. The Morgan fingerprint density at radius 3 is 2.43 bits per heavy atom. The van der Waals surface area contributed by atoms with Crippen LogP contribution < -0.4 is 15.4 Å². The van der Waals surface area contributed by atoms with Crippen LogP contribution >= 0.6 is 11.6 Å². The third-order valence-electron chi connectivity index (χ3n) is 6.49. The molecule has 0 bridgehead atoms. The van der Waals surface area contributed by atoms with Crippen molar-refractivity contribution in [1.29, 1.82) is 0 Å². The molecule has 2 N–H and O–H groups in total. The monoisotopic (exact) mass is 601 g/mol. The number of methoxy groups -OCH3 is 1. The van der Waals surface area contributed by atoms with Gasteiger partial charge in [-0.2, -0.15) is 28.5 Å². The number of hydrogen-bond acceptors (Lipinski definition) is 7. The molecule has 0 saturated carbocycles. The van der Waals surface area contributed by atoms with Crippen LogP contribution in [0.5, 0.6) is 5.75 Å². The van der Waals surface area contributed by atoms with Gasteiger partial charge in [-0.3, -0.25) is 19.0 Å². The van der Waals surface area contributed by atoms with Crippen molar-refractivity contribution < 1.29 is 27.5 Å². The first kappa shape index (κ1) is 28.6. The van der Waals surface area contributed by atoms with E-state index < -0.39 is 34.4 Å². The summed E-state index contributed by atoms with van der Waals surface area (Å²) in [6.45, 7) is 3.79. The summed E-state index contributed by atoms with van der Waals surface area (Å²) >= 11 is 6.41. The van der Waals surface area contributed by atoms with E-state index in [-0.39, 0.29) is 29.3 Å². The maximum atomic E-state index is 14.1. The highest BCUT2D eigenvalue weighted by molar-refractivity contribution is 6.37. The molecule has 0 aliphatic heterocycles. The molecule has 0 aliphatic carbocycles. The minimum Gasteiger partial charge on any atom is -0.497 e. The van der Waals surface area contributed by atoms with Crippen LogP contribution in [0.3, 0.4) is 0 Å². The van der Waals surface area contributed by atoms with Gasteiger partial charge in [0.1, 0.15) is 16.5 Å². The van der Waals surface area contributed by atoms with Crippen LogP contribution in [0.1, 0.15) is 39.3 Å². The molecule has 2 amide bonds.